The number of nitrogens with one attached hydrogen (secondary N) is 3. The molecule has 2 amide bonds. The number of carbonyl (C=O) groups is 2. The maximum atomic E-state index is 11.7. The summed E-state index contributed by atoms with van der Waals surface area (Å²) < 4.78 is 0. The molecule has 1 fully saturated rings. The van der Waals surface area contributed by atoms with Crippen LogP contribution < -0.4 is 16.4 Å². The first-order valence-electron chi connectivity index (χ1n) is 5.19. The Morgan fingerprint density at radius 3 is 2.88 bits per heavy atom. The Balaban J connectivity index is 1.97. The molecule has 6 nitrogen and oxygen atoms in total. The first-order chi connectivity index (χ1) is 7.66. The summed E-state index contributed by atoms with van der Waals surface area (Å²) in [6.45, 7) is 0.873. The Kier molecular flexibility index (Phi) is 2.91. The van der Waals surface area contributed by atoms with Crippen LogP contribution in [-0.4, -0.2) is 29.4 Å². The van der Waals surface area contributed by atoms with Crippen LogP contribution in [0.4, 0.5) is 5.69 Å². The van der Waals surface area contributed by atoms with Crippen molar-refractivity contribution in [3.8, 4) is 0 Å². The monoisotopic (exact) mass is 222 g/mol. The Bertz CT molecular complexity index is 407. The summed E-state index contributed by atoms with van der Waals surface area (Å²) in [6.07, 6.45) is 3.41. The molecule has 1 saturated heterocycles. The summed E-state index contributed by atoms with van der Waals surface area (Å²) >= 11 is 0. The fourth-order valence-corrected chi connectivity index (χ4v) is 1.75. The Labute approximate surface area is 92.6 Å². The molecular weight excluding hydrogens is 208 g/mol. The lowest BCUT2D eigenvalue weighted by Crippen LogP contribution is -2.35. The van der Waals surface area contributed by atoms with Crippen LogP contribution in [-0.2, 0) is 4.79 Å². The minimum absolute atomic E-state index is 0.0764. The molecule has 0 aromatic carbocycles. The molecular formula is C10H14N4O2. The lowest BCUT2D eigenvalue weighted by atomic mass is 10.2. The van der Waals surface area contributed by atoms with Gasteiger partial charge >= 0.3 is 0 Å². The second-order valence-electron chi connectivity index (χ2n) is 3.80. The summed E-state index contributed by atoms with van der Waals surface area (Å²) in [5.41, 5.74) is 5.93. The predicted molar refractivity (Wildman–Crippen MR) is 59.0 cm³/mol. The lowest BCUT2D eigenvalue weighted by Gasteiger charge is -2.09. The molecule has 16 heavy (non-hydrogen) atoms. The van der Waals surface area contributed by atoms with Gasteiger partial charge in [-0.3, -0.25) is 9.59 Å². The highest BCUT2D eigenvalue weighted by molar-refractivity contribution is 5.97. The van der Waals surface area contributed by atoms with Crippen LogP contribution in [0.25, 0.3) is 0 Å². The second kappa shape index (κ2) is 4.36. The van der Waals surface area contributed by atoms with Crippen molar-refractivity contribution in [2.24, 2.45) is 5.73 Å². The van der Waals surface area contributed by atoms with E-state index in [0.717, 1.165) is 19.4 Å². The number of amides is 2. The first kappa shape index (κ1) is 10.7. The topological polar surface area (TPSA) is 100 Å². The van der Waals surface area contributed by atoms with Gasteiger partial charge < -0.3 is 21.4 Å². The van der Waals surface area contributed by atoms with Gasteiger partial charge in [0, 0.05) is 6.20 Å². The third-order valence-electron chi connectivity index (χ3n) is 2.59. The molecule has 6 heteroatoms. The van der Waals surface area contributed by atoms with Gasteiger partial charge in [0.1, 0.15) is 5.69 Å². The zero-order valence-corrected chi connectivity index (χ0v) is 8.75. The van der Waals surface area contributed by atoms with E-state index >= 15 is 0 Å². The number of aromatic amines is 1. The number of primary amides is 1. The normalized spacial score (nSPS) is 19.6. The van der Waals surface area contributed by atoms with E-state index in [1.165, 1.54) is 6.07 Å². The van der Waals surface area contributed by atoms with Crippen molar-refractivity contribution in [1.29, 1.82) is 0 Å². The smallest absolute Gasteiger partial charge is 0.265 e. The Morgan fingerprint density at radius 1 is 1.50 bits per heavy atom. The zero-order chi connectivity index (χ0) is 11.5. The van der Waals surface area contributed by atoms with Gasteiger partial charge in [-0.25, -0.2) is 0 Å². The van der Waals surface area contributed by atoms with E-state index in [9.17, 15) is 9.59 Å². The SMILES string of the molecule is NC(=O)c1cc(NC(=O)C2CCCN2)c[nH]1. The van der Waals surface area contributed by atoms with Crippen LogP contribution in [0.2, 0.25) is 0 Å². The lowest BCUT2D eigenvalue weighted by molar-refractivity contribution is -0.117. The van der Waals surface area contributed by atoms with Crippen molar-refractivity contribution in [3.05, 3.63) is 18.0 Å². The summed E-state index contributed by atoms with van der Waals surface area (Å²) in [4.78, 5) is 25.2. The number of nitrogens with two attached hydrogens (primary N) is 1. The highest BCUT2D eigenvalue weighted by Gasteiger charge is 2.22. The third-order valence-corrected chi connectivity index (χ3v) is 2.59. The molecule has 86 valence electrons. The van der Waals surface area contributed by atoms with Crippen LogP contribution >= 0.6 is 0 Å². The molecule has 0 bridgehead atoms. The molecule has 1 aliphatic rings. The van der Waals surface area contributed by atoms with Crippen molar-refractivity contribution in [3.63, 3.8) is 0 Å². The average Bonchev–Trinajstić information content (AvgIpc) is 2.87. The van der Waals surface area contributed by atoms with Crippen molar-refractivity contribution < 1.29 is 9.59 Å². The maximum Gasteiger partial charge on any atom is 0.265 e. The Morgan fingerprint density at radius 2 is 2.31 bits per heavy atom. The number of carbonyl (C=O) groups excluding carboxylic acids is 2. The molecule has 0 spiro atoms. The van der Waals surface area contributed by atoms with E-state index in [1.807, 2.05) is 0 Å². The molecule has 2 heterocycles. The van der Waals surface area contributed by atoms with Crippen LogP contribution in [0.15, 0.2) is 12.3 Å². The summed E-state index contributed by atoms with van der Waals surface area (Å²) in [5.74, 6) is -0.619. The van der Waals surface area contributed by atoms with Crippen LogP contribution in [0.3, 0.4) is 0 Å². The fourth-order valence-electron chi connectivity index (χ4n) is 1.75. The van der Waals surface area contributed by atoms with E-state index in [2.05, 4.69) is 15.6 Å². The minimum Gasteiger partial charge on any atom is -0.364 e. The van der Waals surface area contributed by atoms with Crippen molar-refractivity contribution in [2.45, 2.75) is 18.9 Å². The molecule has 1 unspecified atom stereocenters. The Hall–Kier alpha value is -1.82. The average molecular weight is 222 g/mol. The molecule has 0 saturated carbocycles. The summed E-state index contributed by atoms with van der Waals surface area (Å²) in [5, 5.41) is 5.81. The van der Waals surface area contributed by atoms with E-state index < -0.39 is 5.91 Å². The van der Waals surface area contributed by atoms with Crippen LogP contribution in [0, 0.1) is 0 Å². The number of rotatable bonds is 3. The van der Waals surface area contributed by atoms with E-state index in [0.29, 0.717) is 5.69 Å². The van der Waals surface area contributed by atoms with Gasteiger partial charge in [0.2, 0.25) is 5.91 Å². The molecule has 2 rings (SSSR count). The molecule has 1 aromatic rings. The molecule has 1 aromatic heterocycles. The number of anilines is 1. The molecule has 1 aliphatic heterocycles. The fraction of sp³-hybridized carbons (Fsp3) is 0.400. The largest absolute Gasteiger partial charge is 0.364 e. The number of H-pyrrole nitrogens is 1. The van der Waals surface area contributed by atoms with Crippen molar-refractivity contribution >= 4 is 17.5 Å². The van der Waals surface area contributed by atoms with Gasteiger partial charge in [-0.15, -0.1) is 0 Å². The van der Waals surface area contributed by atoms with Gasteiger partial charge in [0.05, 0.1) is 11.7 Å². The third kappa shape index (κ3) is 2.22. The van der Waals surface area contributed by atoms with E-state index in [4.69, 9.17) is 5.73 Å². The highest BCUT2D eigenvalue weighted by Crippen LogP contribution is 2.12. The molecule has 0 aliphatic carbocycles. The molecule has 0 radical (unpaired) electrons. The molecule has 1 atom stereocenters. The van der Waals surface area contributed by atoms with Crippen LogP contribution in [0.5, 0.6) is 0 Å². The standard InChI is InChI=1S/C10H14N4O2/c11-9(15)8-4-6(5-13-8)14-10(16)7-2-1-3-12-7/h4-5,7,12-13H,1-3H2,(H2,11,15)(H,14,16). The number of hydrogen-bond acceptors (Lipinski definition) is 3. The van der Waals surface area contributed by atoms with Crippen molar-refractivity contribution in [1.82, 2.24) is 10.3 Å². The zero-order valence-electron chi connectivity index (χ0n) is 8.75. The first-order valence-corrected chi connectivity index (χ1v) is 5.19. The number of hydrogen-bond donors (Lipinski definition) is 4. The van der Waals surface area contributed by atoms with Gasteiger partial charge in [-0.2, -0.15) is 0 Å². The predicted octanol–water partition coefficient (Wildman–Crippen LogP) is -0.196. The van der Waals surface area contributed by atoms with E-state index in [-0.39, 0.29) is 17.6 Å². The van der Waals surface area contributed by atoms with Gasteiger partial charge in [0.25, 0.3) is 5.91 Å². The van der Waals surface area contributed by atoms with Gasteiger partial charge in [-0.05, 0) is 25.5 Å². The quantitative estimate of drug-likeness (QED) is 0.570. The van der Waals surface area contributed by atoms with Crippen molar-refractivity contribution in [2.75, 3.05) is 11.9 Å². The maximum absolute atomic E-state index is 11.7. The van der Waals surface area contributed by atoms with Gasteiger partial charge in [-0.1, -0.05) is 0 Å². The minimum atomic E-state index is -0.542. The summed E-state index contributed by atoms with van der Waals surface area (Å²) in [6, 6.07) is 1.39. The van der Waals surface area contributed by atoms with Crippen LogP contribution in [0.1, 0.15) is 23.3 Å². The summed E-state index contributed by atoms with van der Waals surface area (Å²) in [7, 11) is 0. The second-order valence-corrected chi connectivity index (χ2v) is 3.80. The number of aromatic nitrogens is 1. The van der Waals surface area contributed by atoms with Gasteiger partial charge in [0.15, 0.2) is 0 Å². The molecule has 5 N–H and O–H groups in total. The van der Waals surface area contributed by atoms with E-state index in [1.54, 1.807) is 6.20 Å². The highest BCUT2D eigenvalue weighted by atomic mass is 16.2.